The van der Waals surface area contributed by atoms with E-state index in [2.05, 4.69) is 22.6 Å². The largest absolute Gasteiger partial charge is 0.349 e. The summed E-state index contributed by atoms with van der Waals surface area (Å²) in [7, 11) is 2.00. The lowest BCUT2D eigenvalue weighted by molar-refractivity contribution is -0.125. The number of nitrogens with one attached hydrogen (secondary N) is 1. The number of nitrogens with zero attached hydrogens (tertiary/aromatic N) is 2. The van der Waals surface area contributed by atoms with Crippen LogP contribution in [0.3, 0.4) is 0 Å². The van der Waals surface area contributed by atoms with Gasteiger partial charge in [0.15, 0.2) is 0 Å². The molecule has 1 amide bonds. The Morgan fingerprint density at radius 3 is 2.89 bits per heavy atom. The Balaban J connectivity index is 1.78. The highest BCUT2D eigenvalue weighted by atomic mass is 16.1. The smallest absolute Gasteiger partial charge is 0.224 e. The van der Waals surface area contributed by atoms with Gasteiger partial charge in [-0.25, -0.2) is 0 Å². The van der Waals surface area contributed by atoms with E-state index in [1.807, 2.05) is 18.7 Å². The maximum atomic E-state index is 12.3. The first-order valence-corrected chi connectivity index (χ1v) is 7.14. The topological polar surface area (TPSA) is 46.9 Å². The first kappa shape index (κ1) is 12.5. The molecule has 102 valence electrons. The van der Waals surface area contributed by atoms with Crippen LogP contribution in [0.2, 0.25) is 0 Å². The normalized spacial score (nSPS) is 22.5. The van der Waals surface area contributed by atoms with E-state index < -0.39 is 0 Å². The zero-order valence-electron chi connectivity index (χ0n) is 11.6. The summed E-state index contributed by atoms with van der Waals surface area (Å²) in [6.07, 6.45) is 9.21. The zero-order chi connectivity index (χ0) is 13.4. The van der Waals surface area contributed by atoms with Crippen molar-refractivity contribution in [3.05, 3.63) is 29.1 Å². The highest BCUT2D eigenvalue weighted by molar-refractivity contribution is 5.80. The summed E-state index contributed by atoms with van der Waals surface area (Å²) in [6, 6.07) is 0.158. The molecule has 4 heteroatoms. The maximum Gasteiger partial charge on any atom is 0.224 e. The molecule has 1 unspecified atom stereocenters. The molecular formula is C15H21N3O. The van der Waals surface area contributed by atoms with Gasteiger partial charge in [-0.1, -0.05) is 12.2 Å². The lowest BCUT2D eigenvalue weighted by Gasteiger charge is -2.25. The van der Waals surface area contributed by atoms with Crippen LogP contribution in [-0.4, -0.2) is 15.7 Å². The third kappa shape index (κ3) is 2.20. The predicted octanol–water partition coefficient (Wildman–Crippen LogP) is 2.19. The molecule has 19 heavy (non-hydrogen) atoms. The molecule has 3 rings (SSSR count). The number of aryl methyl sites for hydroxylation is 2. The molecule has 0 radical (unpaired) electrons. The summed E-state index contributed by atoms with van der Waals surface area (Å²) in [5, 5.41) is 7.74. The van der Waals surface area contributed by atoms with Crippen LogP contribution in [0, 0.1) is 12.8 Å². The van der Waals surface area contributed by atoms with E-state index in [-0.39, 0.29) is 17.9 Å². The Morgan fingerprint density at radius 2 is 2.16 bits per heavy atom. The van der Waals surface area contributed by atoms with E-state index in [0.29, 0.717) is 0 Å². The van der Waals surface area contributed by atoms with E-state index in [0.717, 1.165) is 37.8 Å². The van der Waals surface area contributed by atoms with Crippen LogP contribution in [0.15, 0.2) is 12.2 Å². The van der Waals surface area contributed by atoms with Gasteiger partial charge < -0.3 is 5.32 Å². The molecule has 0 aliphatic heterocycles. The number of allylic oxidation sites excluding steroid dienone is 2. The summed E-state index contributed by atoms with van der Waals surface area (Å²) < 4.78 is 1.97. The average Bonchev–Trinajstić information content (AvgIpc) is 3.00. The van der Waals surface area contributed by atoms with E-state index in [1.54, 1.807) is 0 Å². The Bertz CT molecular complexity index is 522. The van der Waals surface area contributed by atoms with Gasteiger partial charge in [0.05, 0.1) is 11.7 Å². The fraction of sp³-hybridized carbons (Fsp3) is 0.600. The number of fused-ring (bicyclic) bond motifs is 1. The highest BCUT2D eigenvalue weighted by Gasteiger charge is 2.29. The van der Waals surface area contributed by atoms with Gasteiger partial charge in [-0.2, -0.15) is 5.10 Å². The summed E-state index contributed by atoms with van der Waals surface area (Å²) in [6.45, 7) is 2.04. The van der Waals surface area contributed by atoms with Crippen LogP contribution in [-0.2, 0) is 18.3 Å². The lowest BCUT2D eigenvalue weighted by atomic mass is 9.90. The molecule has 2 aliphatic carbocycles. The highest BCUT2D eigenvalue weighted by Crippen LogP contribution is 2.32. The van der Waals surface area contributed by atoms with Crippen molar-refractivity contribution in [1.29, 1.82) is 0 Å². The first-order chi connectivity index (χ1) is 9.16. The number of amides is 1. The van der Waals surface area contributed by atoms with Gasteiger partial charge >= 0.3 is 0 Å². The third-order valence-electron chi connectivity index (χ3n) is 4.34. The van der Waals surface area contributed by atoms with Gasteiger partial charge in [0.1, 0.15) is 0 Å². The second-order valence-electron chi connectivity index (χ2n) is 5.66. The molecule has 1 atom stereocenters. The molecule has 0 saturated heterocycles. The predicted molar refractivity (Wildman–Crippen MR) is 73.6 cm³/mol. The molecule has 0 aromatic carbocycles. The van der Waals surface area contributed by atoms with E-state index in [1.165, 1.54) is 11.3 Å². The number of rotatable bonds is 2. The molecular weight excluding hydrogens is 238 g/mol. The maximum absolute atomic E-state index is 12.3. The van der Waals surface area contributed by atoms with Crippen molar-refractivity contribution in [2.75, 3.05) is 0 Å². The summed E-state index contributed by atoms with van der Waals surface area (Å²) in [4.78, 5) is 12.3. The standard InChI is InChI=1S/C15H21N3O/c1-10-14-12(8-5-9-13(14)18(2)17-10)16-15(19)11-6-3-4-7-11/h3-4,11-12H,5-9H2,1-2H3,(H,16,19). The fourth-order valence-electron chi connectivity index (χ4n) is 3.36. The molecule has 0 spiro atoms. The average molecular weight is 259 g/mol. The van der Waals surface area contributed by atoms with Crippen molar-refractivity contribution in [3.63, 3.8) is 0 Å². The summed E-state index contributed by atoms with van der Waals surface area (Å²) in [5.41, 5.74) is 3.61. The number of carbonyl (C=O) groups excluding carboxylic acids is 1. The lowest BCUT2D eigenvalue weighted by Crippen LogP contribution is -2.35. The van der Waals surface area contributed by atoms with Crippen LogP contribution in [0.5, 0.6) is 0 Å². The zero-order valence-corrected chi connectivity index (χ0v) is 11.6. The first-order valence-electron chi connectivity index (χ1n) is 7.14. The quantitative estimate of drug-likeness (QED) is 0.828. The minimum absolute atomic E-state index is 0.141. The number of hydrogen-bond donors (Lipinski definition) is 1. The second-order valence-corrected chi connectivity index (χ2v) is 5.66. The van der Waals surface area contributed by atoms with Gasteiger partial charge in [-0.05, 0) is 39.0 Å². The molecule has 1 N–H and O–H groups in total. The van der Waals surface area contributed by atoms with Crippen molar-refractivity contribution in [3.8, 4) is 0 Å². The minimum Gasteiger partial charge on any atom is -0.349 e. The van der Waals surface area contributed by atoms with Gasteiger partial charge in [0.2, 0.25) is 5.91 Å². The van der Waals surface area contributed by atoms with E-state index in [4.69, 9.17) is 0 Å². The molecule has 4 nitrogen and oxygen atoms in total. The minimum atomic E-state index is 0.141. The van der Waals surface area contributed by atoms with E-state index in [9.17, 15) is 4.79 Å². The number of hydrogen-bond acceptors (Lipinski definition) is 2. The molecule has 2 aliphatic rings. The Kier molecular flexibility index (Phi) is 3.17. The molecule has 0 saturated carbocycles. The molecule has 1 aromatic rings. The van der Waals surface area contributed by atoms with Crippen LogP contribution in [0.25, 0.3) is 0 Å². The molecule has 1 aromatic heterocycles. The van der Waals surface area contributed by atoms with Gasteiger partial charge in [0, 0.05) is 24.2 Å². The molecule has 1 heterocycles. The fourth-order valence-corrected chi connectivity index (χ4v) is 3.36. The van der Waals surface area contributed by atoms with Crippen LogP contribution >= 0.6 is 0 Å². The van der Waals surface area contributed by atoms with Crippen molar-refractivity contribution >= 4 is 5.91 Å². The van der Waals surface area contributed by atoms with Crippen molar-refractivity contribution < 1.29 is 4.79 Å². The van der Waals surface area contributed by atoms with Gasteiger partial charge in [0.25, 0.3) is 0 Å². The Labute approximate surface area is 113 Å². The Hall–Kier alpha value is -1.58. The molecule has 0 fully saturated rings. The monoisotopic (exact) mass is 259 g/mol. The Morgan fingerprint density at radius 1 is 1.42 bits per heavy atom. The van der Waals surface area contributed by atoms with Crippen LogP contribution in [0.4, 0.5) is 0 Å². The van der Waals surface area contributed by atoms with Crippen molar-refractivity contribution in [2.45, 2.75) is 45.1 Å². The summed E-state index contributed by atoms with van der Waals surface area (Å²) >= 11 is 0. The van der Waals surface area contributed by atoms with Crippen LogP contribution < -0.4 is 5.32 Å². The van der Waals surface area contributed by atoms with E-state index >= 15 is 0 Å². The summed E-state index contributed by atoms with van der Waals surface area (Å²) in [5.74, 6) is 0.341. The van der Waals surface area contributed by atoms with Crippen molar-refractivity contribution in [2.24, 2.45) is 13.0 Å². The van der Waals surface area contributed by atoms with Gasteiger partial charge in [-0.15, -0.1) is 0 Å². The van der Waals surface area contributed by atoms with Crippen molar-refractivity contribution in [1.82, 2.24) is 15.1 Å². The third-order valence-corrected chi connectivity index (χ3v) is 4.34. The number of aromatic nitrogens is 2. The SMILES string of the molecule is Cc1nn(C)c2c1C(NC(=O)C1CC=CC1)CCC2. The number of carbonyl (C=O) groups is 1. The van der Waals surface area contributed by atoms with Gasteiger partial charge in [-0.3, -0.25) is 9.48 Å². The molecule has 0 bridgehead atoms. The second kappa shape index (κ2) is 4.83. The van der Waals surface area contributed by atoms with Crippen LogP contribution in [0.1, 0.15) is 48.7 Å².